The van der Waals surface area contributed by atoms with Crippen molar-refractivity contribution in [2.24, 2.45) is 5.92 Å². The van der Waals surface area contributed by atoms with E-state index in [1.165, 1.54) is 36.4 Å². The van der Waals surface area contributed by atoms with Gasteiger partial charge in [0.15, 0.2) is 19.0 Å². The molecule has 15 heteroatoms. The first-order valence-electron chi connectivity index (χ1n) is 15.1. The highest BCUT2D eigenvalue weighted by Gasteiger charge is 2.32. The van der Waals surface area contributed by atoms with E-state index < -0.39 is 60.3 Å². The van der Waals surface area contributed by atoms with Crippen molar-refractivity contribution in [1.82, 2.24) is 0 Å². The Bertz CT molecular complexity index is 1910. The second kappa shape index (κ2) is 15.8. The van der Waals surface area contributed by atoms with Crippen LogP contribution in [-0.4, -0.2) is 49.2 Å². The topological polar surface area (TPSA) is 134 Å². The molecular weight excluding hydrogens is 686 g/mol. The van der Waals surface area contributed by atoms with Crippen LogP contribution in [0.1, 0.15) is 66.4 Å². The first kappa shape index (κ1) is 38.0. The number of hydrogen-bond acceptors (Lipinski definition) is 8. The van der Waals surface area contributed by atoms with Gasteiger partial charge in [0.1, 0.15) is 11.5 Å². The molecule has 4 rings (SSSR count). The summed E-state index contributed by atoms with van der Waals surface area (Å²) in [5.41, 5.74) is 4.86. The highest BCUT2D eigenvalue weighted by molar-refractivity contribution is 6.15. The van der Waals surface area contributed by atoms with E-state index in [-0.39, 0.29) is 34.7 Å². The maximum absolute atomic E-state index is 13.6. The molecule has 0 spiro atoms. The van der Waals surface area contributed by atoms with Gasteiger partial charge in [0.05, 0.1) is 16.7 Å². The summed E-state index contributed by atoms with van der Waals surface area (Å²) in [6.07, 6.45) is -9.40. The molecule has 9 nitrogen and oxygen atoms in total. The fourth-order valence-corrected chi connectivity index (χ4v) is 4.67. The number of anilines is 2. The Balaban J connectivity index is 1.65. The molecular formula is C36H30F6N2O7. The number of alkyl halides is 6. The maximum atomic E-state index is 13.6. The molecule has 0 aliphatic carbocycles. The van der Waals surface area contributed by atoms with Crippen molar-refractivity contribution in [2.75, 3.05) is 24.3 Å². The normalized spacial score (nSPS) is 11.5. The Morgan fingerprint density at radius 1 is 0.667 bits per heavy atom. The summed E-state index contributed by atoms with van der Waals surface area (Å²) in [4.78, 5) is 52.4. The average Bonchev–Trinajstić information content (AvgIpc) is 3.06. The molecule has 0 saturated carbocycles. The minimum absolute atomic E-state index is 0.0288. The predicted octanol–water partition coefficient (Wildman–Crippen LogP) is 8.18. The molecule has 0 radical (unpaired) electrons. The Hall–Kier alpha value is -5.86. The fourth-order valence-electron chi connectivity index (χ4n) is 4.67. The summed E-state index contributed by atoms with van der Waals surface area (Å²) < 4.78 is 91.2. The van der Waals surface area contributed by atoms with E-state index in [0.29, 0.717) is 22.7 Å². The number of halogens is 6. The van der Waals surface area contributed by atoms with Gasteiger partial charge in [0.2, 0.25) is 0 Å². The summed E-state index contributed by atoms with van der Waals surface area (Å²) in [6, 6.07) is 19.1. The third-order valence-corrected chi connectivity index (χ3v) is 6.93. The number of ketones is 1. The van der Waals surface area contributed by atoms with Crippen molar-refractivity contribution in [3.63, 3.8) is 0 Å². The molecule has 0 aliphatic heterocycles. The van der Waals surface area contributed by atoms with Crippen LogP contribution in [0.15, 0.2) is 84.9 Å². The molecule has 4 aromatic rings. The van der Waals surface area contributed by atoms with Crippen LogP contribution in [0, 0.1) is 5.92 Å². The lowest BCUT2D eigenvalue weighted by Gasteiger charge is -2.15. The molecule has 0 aliphatic rings. The number of nitrogens with two attached hydrogens (primary N) is 1. The number of rotatable bonds is 12. The second-order valence-corrected chi connectivity index (χ2v) is 11.6. The minimum atomic E-state index is -4.87. The highest BCUT2D eigenvalue weighted by atomic mass is 19.4. The summed E-state index contributed by atoms with van der Waals surface area (Å²) in [5.74, 6) is -3.82. The van der Waals surface area contributed by atoms with Gasteiger partial charge in [-0.25, -0.2) is 9.59 Å². The van der Waals surface area contributed by atoms with Gasteiger partial charge in [-0.2, -0.15) is 26.3 Å². The quantitative estimate of drug-likeness (QED) is 0.0649. The van der Waals surface area contributed by atoms with Crippen molar-refractivity contribution in [2.45, 2.75) is 32.6 Å². The lowest BCUT2D eigenvalue weighted by atomic mass is 9.92. The third kappa shape index (κ3) is 11.1. The minimum Gasteiger partial charge on any atom is -0.457 e. The third-order valence-electron chi connectivity index (χ3n) is 6.93. The Labute approximate surface area is 287 Å². The molecule has 0 fully saturated rings. The number of esters is 2. The maximum Gasteiger partial charge on any atom is 0.422 e. The van der Waals surface area contributed by atoms with Crippen LogP contribution in [0.2, 0.25) is 0 Å². The number of hydrogen-bond donors (Lipinski definition) is 2. The molecule has 0 aromatic heterocycles. The zero-order valence-corrected chi connectivity index (χ0v) is 27.0. The summed E-state index contributed by atoms with van der Waals surface area (Å²) in [6.45, 7) is -0.185. The van der Waals surface area contributed by atoms with Gasteiger partial charge >= 0.3 is 24.3 Å². The van der Waals surface area contributed by atoms with E-state index in [1.807, 2.05) is 13.8 Å². The molecule has 51 heavy (non-hydrogen) atoms. The molecule has 0 saturated heterocycles. The summed E-state index contributed by atoms with van der Waals surface area (Å²) in [7, 11) is 0. The Kier molecular flexibility index (Phi) is 11.7. The molecule has 0 heterocycles. The SMILES string of the molecule is CC(C)Cc1ccc(C(=O)c2ccc(C(=O)OCC(F)(F)F)c(C(=O)Nc3ccc(Oc4ccc(N)cc4)cc3)c2)cc1C(=O)OCC(F)(F)F. The van der Waals surface area contributed by atoms with Gasteiger partial charge < -0.3 is 25.3 Å². The molecule has 268 valence electrons. The van der Waals surface area contributed by atoms with Crippen molar-refractivity contribution in [1.29, 1.82) is 0 Å². The summed E-state index contributed by atoms with van der Waals surface area (Å²) >= 11 is 0. The van der Waals surface area contributed by atoms with Crippen LogP contribution < -0.4 is 15.8 Å². The standard InChI is InChI=1S/C36H30F6N2O7/c1-20(2)15-21-3-4-22(16-29(21)34(48)50-19-36(40,41)42)31(45)23-5-14-28(33(47)49-18-35(37,38)39)30(17-23)32(46)44-25-8-12-27(13-9-25)51-26-10-6-24(43)7-11-26/h3-14,16-17,20H,15,18-19,43H2,1-2H3,(H,44,46). The van der Waals surface area contributed by atoms with E-state index in [1.54, 1.807) is 24.3 Å². The van der Waals surface area contributed by atoms with Gasteiger partial charge in [0.25, 0.3) is 5.91 Å². The first-order chi connectivity index (χ1) is 23.9. The van der Waals surface area contributed by atoms with Crippen LogP contribution in [0.25, 0.3) is 0 Å². The lowest BCUT2D eigenvalue weighted by Crippen LogP contribution is -2.23. The van der Waals surface area contributed by atoms with E-state index in [0.717, 1.165) is 24.3 Å². The van der Waals surface area contributed by atoms with Crippen LogP contribution in [0.5, 0.6) is 11.5 Å². The largest absolute Gasteiger partial charge is 0.457 e. The molecule has 3 N–H and O–H groups in total. The second-order valence-electron chi connectivity index (χ2n) is 11.6. The van der Waals surface area contributed by atoms with Crippen molar-refractivity contribution in [3.05, 3.63) is 118 Å². The van der Waals surface area contributed by atoms with Crippen LogP contribution in [-0.2, 0) is 15.9 Å². The van der Waals surface area contributed by atoms with E-state index >= 15 is 0 Å². The Morgan fingerprint density at radius 2 is 1.16 bits per heavy atom. The number of carbonyl (C=O) groups excluding carboxylic acids is 4. The number of amides is 1. The molecule has 0 bridgehead atoms. The van der Waals surface area contributed by atoms with E-state index in [2.05, 4.69) is 14.8 Å². The zero-order chi connectivity index (χ0) is 37.5. The number of nitrogens with one attached hydrogen (secondary N) is 1. The number of ether oxygens (including phenoxy) is 3. The summed E-state index contributed by atoms with van der Waals surface area (Å²) in [5, 5.41) is 2.50. The number of nitrogen functional groups attached to an aromatic ring is 1. The smallest absolute Gasteiger partial charge is 0.422 e. The fraction of sp³-hybridized carbons (Fsp3) is 0.222. The van der Waals surface area contributed by atoms with Crippen molar-refractivity contribution >= 4 is 35.0 Å². The first-order valence-corrected chi connectivity index (χ1v) is 15.1. The number of carbonyl (C=O) groups is 4. The van der Waals surface area contributed by atoms with Gasteiger partial charge in [-0.3, -0.25) is 9.59 Å². The van der Waals surface area contributed by atoms with Gasteiger partial charge in [-0.1, -0.05) is 32.0 Å². The zero-order valence-electron chi connectivity index (χ0n) is 27.0. The van der Waals surface area contributed by atoms with Crippen molar-refractivity contribution < 1.29 is 59.7 Å². The highest BCUT2D eigenvalue weighted by Crippen LogP contribution is 2.27. The van der Waals surface area contributed by atoms with Crippen LogP contribution >= 0.6 is 0 Å². The van der Waals surface area contributed by atoms with Crippen LogP contribution in [0.4, 0.5) is 37.7 Å². The monoisotopic (exact) mass is 716 g/mol. The van der Waals surface area contributed by atoms with E-state index in [4.69, 9.17) is 10.5 Å². The number of benzene rings is 4. The average molecular weight is 717 g/mol. The Morgan fingerprint density at radius 3 is 1.69 bits per heavy atom. The molecule has 0 atom stereocenters. The van der Waals surface area contributed by atoms with E-state index in [9.17, 15) is 45.5 Å². The van der Waals surface area contributed by atoms with Gasteiger partial charge in [-0.15, -0.1) is 0 Å². The van der Waals surface area contributed by atoms with Gasteiger partial charge in [0, 0.05) is 22.5 Å². The van der Waals surface area contributed by atoms with Crippen LogP contribution in [0.3, 0.4) is 0 Å². The molecule has 0 unspecified atom stereocenters. The van der Waals surface area contributed by atoms with Gasteiger partial charge in [-0.05, 0) is 84.6 Å². The van der Waals surface area contributed by atoms with Crippen molar-refractivity contribution in [3.8, 4) is 11.5 Å². The molecule has 1 amide bonds. The lowest BCUT2D eigenvalue weighted by molar-refractivity contribution is -0.161. The molecule has 4 aromatic carbocycles. The predicted molar refractivity (Wildman–Crippen MR) is 173 cm³/mol.